The molecule has 1 aromatic heterocycles. The van der Waals surface area contributed by atoms with Crippen LogP contribution >= 0.6 is 0 Å². The van der Waals surface area contributed by atoms with Gasteiger partial charge in [-0.2, -0.15) is 0 Å². The van der Waals surface area contributed by atoms with Gasteiger partial charge in [-0.25, -0.2) is 4.79 Å². The number of rotatable bonds is 6. The zero-order valence-electron chi connectivity index (χ0n) is 28.1. The number of nitrogens with zero attached hydrogens (tertiary/aromatic N) is 3. The summed E-state index contributed by atoms with van der Waals surface area (Å²) in [7, 11) is 0. The van der Waals surface area contributed by atoms with Crippen molar-refractivity contribution in [2.24, 2.45) is 0 Å². The molecule has 46 heavy (non-hydrogen) atoms. The largest absolute Gasteiger partial charge is 0.444 e. The number of fused-ring (bicyclic) bond motifs is 1. The molecule has 2 heterocycles. The lowest BCUT2D eigenvalue weighted by Gasteiger charge is -2.41. The Bertz CT molecular complexity index is 1520. The van der Waals surface area contributed by atoms with E-state index in [4.69, 9.17) is 4.74 Å². The average Bonchev–Trinajstić information content (AvgIpc) is 3.02. The van der Waals surface area contributed by atoms with Crippen molar-refractivity contribution in [1.29, 1.82) is 0 Å². The highest BCUT2D eigenvalue weighted by molar-refractivity contribution is 6.05. The third-order valence-electron chi connectivity index (χ3n) is 8.87. The topological polar surface area (TPSA) is 91.8 Å². The zero-order valence-corrected chi connectivity index (χ0v) is 28.1. The van der Waals surface area contributed by atoms with E-state index in [9.17, 15) is 9.59 Å². The fraction of sp³-hybridized carbons (Fsp3) is 0.474. The van der Waals surface area contributed by atoms with Crippen molar-refractivity contribution in [3.05, 3.63) is 95.3 Å². The van der Waals surface area contributed by atoms with Crippen LogP contribution in [-0.2, 0) is 32.7 Å². The van der Waals surface area contributed by atoms with Crippen molar-refractivity contribution in [3.63, 3.8) is 0 Å². The third kappa shape index (κ3) is 7.77. The van der Waals surface area contributed by atoms with Crippen molar-refractivity contribution in [2.75, 3.05) is 4.90 Å². The first-order valence-electron chi connectivity index (χ1n) is 16.5. The summed E-state index contributed by atoms with van der Waals surface area (Å²) in [6.07, 6.45) is 8.15. The molecule has 1 fully saturated rings. The molecule has 1 unspecified atom stereocenters. The lowest BCUT2D eigenvalue weighted by Crippen LogP contribution is -2.57. The fourth-order valence-corrected chi connectivity index (χ4v) is 6.42. The summed E-state index contributed by atoms with van der Waals surface area (Å²) in [5.41, 5.74) is 3.40. The minimum absolute atomic E-state index is 0.0421. The van der Waals surface area contributed by atoms with Crippen molar-refractivity contribution >= 4 is 23.6 Å². The lowest BCUT2D eigenvalue weighted by atomic mass is 9.87. The number of hydrogen-bond donors (Lipinski definition) is 1. The normalized spacial score (nSPS) is 17.9. The summed E-state index contributed by atoms with van der Waals surface area (Å²) < 4.78 is 5.83. The molecule has 1 N–H and O–H groups in total. The van der Waals surface area contributed by atoms with Gasteiger partial charge in [0.1, 0.15) is 17.7 Å². The summed E-state index contributed by atoms with van der Waals surface area (Å²) in [5.74, 6) is -0.607. The fourth-order valence-electron chi connectivity index (χ4n) is 6.42. The molecule has 0 saturated heterocycles. The van der Waals surface area contributed by atoms with Crippen LogP contribution in [0.4, 0.5) is 10.5 Å². The Morgan fingerprint density at radius 1 is 0.891 bits per heavy atom. The summed E-state index contributed by atoms with van der Waals surface area (Å²) in [4.78, 5) is 50.7. The highest BCUT2D eigenvalue weighted by Crippen LogP contribution is 2.35. The molecular formula is C38H48N4O4. The predicted octanol–water partition coefficient (Wildman–Crippen LogP) is 7.26. The molecule has 3 amide bonds. The number of ether oxygens (including phenoxy) is 1. The number of carbonyl (C=O) groups excluding carboxylic acids is 3. The maximum absolute atomic E-state index is 15.2. The Kier molecular flexibility index (Phi) is 9.85. The van der Waals surface area contributed by atoms with Crippen LogP contribution < -0.4 is 10.2 Å². The van der Waals surface area contributed by atoms with Crippen LogP contribution in [0, 0.1) is 0 Å². The van der Waals surface area contributed by atoms with Gasteiger partial charge in [-0.3, -0.25) is 24.4 Å². The number of carbonyl (C=O) groups is 3. The van der Waals surface area contributed by atoms with Crippen LogP contribution in [-0.4, -0.2) is 45.5 Å². The van der Waals surface area contributed by atoms with Gasteiger partial charge in [-0.15, -0.1) is 0 Å². The predicted molar refractivity (Wildman–Crippen MR) is 180 cm³/mol. The van der Waals surface area contributed by atoms with E-state index in [0.29, 0.717) is 17.7 Å². The summed E-state index contributed by atoms with van der Waals surface area (Å²) in [6.45, 7) is 12.1. The van der Waals surface area contributed by atoms with Gasteiger partial charge in [0, 0.05) is 36.1 Å². The summed E-state index contributed by atoms with van der Waals surface area (Å²) in [5, 5.41) is 3.28. The molecule has 8 nitrogen and oxygen atoms in total. The molecule has 1 aliphatic carbocycles. The zero-order chi connectivity index (χ0) is 33.1. The second kappa shape index (κ2) is 13.7. The molecule has 2 aromatic carbocycles. The van der Waals surface area contributed by atoms with Crippen molar-refractivity contribution < 1.29 is 19.1 Å². The van der Waals surface area contributed by atoms with E-state index in [1.54, 1.807) is 23.4 Å². The average molecular weight is 625 g/mol. The van der Waals surface area contributed by atoms with E-state index in [-0.39, 0.29) is 29.8 Å². The Hall–Kier alpha value is -4.20. The van der Waals surface area contributed by atoms with Crippen molar-refractivity contribution in [3.8, 4) is 0 Å². The Balaban J connectivity index is 1.62. The molecule has 5 rings (SSSR count). The number of aromatic nitrogens is 1. The Morgan fingerprint density at radius 2 is 1.57 bits per heavy atom. The maximum Gasteiger partial charge on any atom is 0.411 e. The highest BCUT2D eigenvalue weighted by Gasteiger charge is 2.43. The minimum atomic E-state index is -0.999. The van der Waals surface area contributed by atoms with Crippen molar-refractivity contribution in [2.45, 2.75) is 116 Å². The number of nitrogens with one attached hydrogen (secondary N) is 1. The molecule has 1 saturated carbocycles. The van der Waals surface area contributed by atoms with Gasteiger partial charge in [0.2, 0.25) is 5.91 Å². The first-order chi connectivity index (χ1) is 21.8. The second-order valence-electron chi connectivity index (χ2n) is 14.6. The molecule has 2 aliphatic rings. The van der Waals surface area contributed by atoms with Gasteiger partial charge in [0.25, 0.3) is 5.91 Å². The van der Waals surface area contributed by atoms with Crippen LogP contribution in [0.25, 0.3) is 0 Å². The van der Waals surface area contributed by atoms with E-state index in [1.807, 2.05) is 75.4 Å². The van der Waals surface area contributed by atoms with Gasteiger partial charge in [0.15, 0.2) is 0 Å². The van der Waals surface area contributed by atoms with Gasteiger partial charge < -0.3 is 10.1 Å². The van der Waals surface area contributed by atoms with Gasteiger partial charge in [-0.05, 0) is 73.9 Å². The van der Waals surface area contributed by atoms with Crippen LogP contribution in [0.5, 0.6) is 0 Å². The standard InChI is InChI=1S/C38H48N4O4/c1-37(2,3)29-18-20-31(21-19-29)42(33(27-15-12-22-39-24-27)34(43)40-30-16-8-7-9-17-30)35(44)32-23-26-13-10-11-14-28(26)25-41(32)36(45)46-38(4,5)6/h10-15,18-22,24,30,32-33H,7-9,16-17,23,25H2,1-6H3,(H,40,43)/t32-,33?/m1/s1. The number of pyridine rings is 1. The molecule has 8 heteroatoms. The molecule has 1 aliphatic heterocycles. The van der Waals surface area contributed by atoms with Gasteiger partial charge in [0.05, 0.1) is 6.54 Å². The van der Waals surface area contributed by atoms with Crippen molar-refractivity contribution in [1.82, 2.24) is 15.2 Å². The first-order valence-corrected chi connectivity index (χ1v) is 16.5. The smallest absolute Gasteiger partial charge is 0.411 e. The van der Waals surface area contributed by atoms with Gasteiger partial charge in [-0.1, -0.05) is 82.5 Å². The summed E-state index contributed by atoms with van der Waals surface area (Å²) in [6, 6.07) is 17.5. The molecule has 2 atom stereocenters. The first kappa shape index (κ1) is 33.2. The molecule has 0 spiro atoms. The third-order valence-corrected chi connectivity index (χ3v) is 8.87. The number of amides is 3. The molecule has 3 aromatic rings. The molecule has 0 radical (unpaired) electrons. The van der Waals surface area contributed by atoms with E-state index in [2.05, 4.69) is 31.1 Å². The minimum Gasteiger partial charge on any atom is -0.444 e. The van der Waals surface area contributed by atoms with Crippen LogP contribution in [0.15, 0.2) is 73.1 Å². The Labute approximate surface area is 273 Å². The molecule has 244 valence electrons. The van der Waals surface area contributed by atoms with Crippen LogP contribution in [0.2, 0.25) is 0 Å². The molecule has 0 bridgehead atoms. The summed E-state index contributed by atoms with van der Waals surface area (Å²) >= 11 is 0. The van der Waals surface area contributed by atoms with Gasteiger partial charge >= 0.3 is 6.09 Å². The van der Waals surface area contributed by atoms with E-state index >= 15 is 4.79 Å². The van der Waals surface area contributed by atoms with Crippen LogP contribution in [0.1, 0.15) is 102 Å². The van der Waals surface area contributed by atoms with Crippen LogP contribution in [0.3, 0.4) is 0 Å². The van der Waals surface area contributed by atoms with E-state index in [1.165, 1.54) is 4.90 Å². The van der Waals surface area contributed by atoms with E-state index in [0.717, 1.165) is 48.8 Å². The second-order valence-corrected chi connectivity index (χ2v) is 14.6. The highest BCUT2D eigenvalue weighted by atomic mass is 16.6. The number of hydrogen-bond acceptors (Lipinski definition) is 5. The quantitative estimate of drug-likeness (QED) is 0.312. The van der Waals surface area contributed by atoms with E-state index < -0.39 is 23.8 Å². The molecular weight excluding hydrogens is 576 g/mol. The number of benzene rings is 2. The number of anilines is 1. The maximum atomic E-state index is 15.2. The Morgan fingerprint density at radius 3 is 2.17 bits per heavy atom. The lowest BCUT2D eigenvalue weighted by molar-refractivity contribution is -0.130. The monoisotopic (exact) mass is 624 g/mol. The SMILES string of the molecule is CC(C)(C)OC(=O)N1Cc2ccccc2C[C@@H]1C(=O)N(c1ccc(C(C)(C)C)cc1)C(C(=O)NC1CCCCC1)c1cccnc1.